The van der Waals surface area contributed by atoms with Gasteiger partial charge >= 0.3 is 5.97 Å². The maximum absolute atomic E-state index is 11.4. The molecule has 0 aliphatic heterocycles. The van der Waals surface area contributed by atoms with Crippen LogP contribution in [-0.4, -0.2) is 24.1 Å². The highest BCUT2D eigenvalue weighted by Gasteiger charge is 2.23. The second-order valence-corrected chi connectivity index (χ2v) is 3.85. The monoisotopic (exact) mass is 226 g/mol. The van der Waals surface area contributed by atoms with Crippen molar-refractivity contribution in [3.63, 3.8) is 0 Å². The fourth-order valence-electron chi connectivity index (χ4n) is 1.27. The molecule has 0 radical (unpaired) electrons. The third kappa shape index (κ3) is 2.39. The molecular weight excluding hydrogens is 216 g/mol. The van der Waals surface area contributed by atoms with Crippen LogP contribution in [0.2, 0.25) is 5.15 Å². The molecule has 0 spiro atoms. The number of ether oxygens (including phenoxy) is 1. The lowest BCUT2D eigenvalue weighted by molar-refractivity contribution is 0.0601. The highest BCUT2D eigenvalue weighted by atomic mass is 35.5. The first-order chi connectivity index (χ1) is 7.20. The van der Waals surface area contributed by atoms with Gasteiger partial charge in [0.2, 0.25) is 0 Å². The van der Waals surface area contributed by atoms with Gasteiger partial charge in [-0.3, -0.25) is 0 Å². The molecule has 0 aromatic carbocycles. The van der Waals surface area contributed by atoms with Crippen LogP contribution in [0.25, 0.3) is 0 Å². The zero-order valence-corrected chi connectivity index (χ0v) is 9.04. The van der Waals surface area contributed by atoms with Crippen molar-refractivity contribution in [2.45, 2.75) is 18.9 Å². The van der Waals surface area contributed by atoms with Crippen LogP contribution in [0.3, 0.4) is 0 Å². The summed E-state index contributed by atoms with van der Waals surface area (Å²) in [5, 5.41) is 3.58. The number of methoxy groups -OCH3 is 1. The Morgan fingerprint density at radius 3 is 3.00 bits per heavy atom. The van der Waals surface area contributed by atoms with Gasteiger partial charge in [-0.05, 0) is 18.9 Å². The molecule has 5 heteroatoms. The van der Waals surface area contributed by atoms with Gasteiger partial charge in [0.15, 0.2) is 0 Å². The first kappa shape index (κ1) is 10.2. The van der Waals surface area contributed by atoms with Crippen LogP contribution in [0.4, 0.5) is 5.69 Å². The van der Waals surface area contributed by atoms with Crippen molar-refractivity contribution in [2.75, 3.05) is 12.4 Å². The molecule has 1 aliphatic carbocycles. The molecule has 0 saturated heterocycles. The molecule has 1 aromatic heterocycles. The summed E-state index contributed by atoms with van der Waals surface area (Å²) >= 11 is 5.77. The molecule has 0 unspecified atom stereocenters. The minimum absolute atomic E-state index is 0.366. The smallest absolute Gasteiger partial charge is 0.341 e. The van der Waals surface area contributed by atoms with E-state index < -0.39 is 5.97 Å². The molecule has 4 nitrogen and oxygen atoms in total. The Morgan fingerprint density at radius 1 is 1.67 bits per heavy atom. The molecular formula is C10H11ClN2O2. The van der Waals surface area contributed by atoms with E-state index in [0.29, 0.717) is 22.4 Å². The topological polar surface area (TPSA) is 51.2 Å². The van der Waals surface area contributed by atoms with Crippen molar-refractivity contribution in [2.24, 2.45) is 0 Å². The van der Waals surface area contributed by atoms with Gasteiger partial charge in [-0.25, -0.2) is 9.78 Å². The molecule has 1 aliphatic rings. The van der Waals surface area contributed by atoms with Gasteiger partial charge in [0.1, 0.15) is 10.7 Å². The van der Waals surface area contributed by atoms with Crippen molar-refractivity contribution in [1.82, 2.24) is 4.98 Å². The summed E-state index contributed by atoms with van der Waals surface area (Å²) < 4.78 is 4.66. The minimum Gasteiger partial charge on any atom is -0.465 e. The first-order valence-electron chi connectivity index (χ1n) is 4.71. The zero-order chi connectivity index (χ0) is 10.8. The van der Waals surface area contributed by atoms with E-state index in [1.165, 1.54) is 13.3 Å². The molecule has 0 bridgehead atoms. The Labute approximate surface area is 92.6 Å². The van der Waals surface area contributed by atoms with E-state index in [1.807, 2.05) is 0 Å². The zero-order valence-electron chi connectivity index (χ0n) is 8.29. The van der Waals surface area contributed by atoms with E-state index in [-0.39, 0.29) is 0 Å². The van der Waals surface area contributed by atoms with Crippen LogP contribution < -0.4 is 5.32 Å². The van der Waals surface area contributed by atoms with Crippen LogP contribution in [0.15, 0.2) is 12.3 Å². The molecule has 0 atom stereocenters. The van der Waals surface area contributed by atoms with Gasteiger partial charge in [-0.2, -0.15) is 0 Å². The van der Waals surface area contributed by atoms with E-state index in [0.717, 1.165) is 12.8 Å². The van der Waals surface area contributed by atoms with Gasteiger partial charge in [-0.15, -0.1) is 0 Å². The van der Waals surface area contributed by atoms with Crippen LogP contribution in [0.5, 0.6) is 0 Å². The molecule has 1 heterocycles. The lowest BCUT2D eigenvalue weighted by atomic mass is 10.2. The van der Waals surface area contributed by atoms with Gasteiger partial charge in [-0.1, -0.05) is 11.6 Å². The van der Waals surface area contributed by atoms with Crippen molar-refractivity contribution in [1.29, 1.82) is 0 Å². The van der Waals surface area contributed by atoms with Crippen molar-refractivity contribution < 1.29 is 9.53 Å². The summed E-state index contributed by atoms with van der Waals surface area (Å²) in [6.45, 7) is 0. The SMILES string of the molecule is COC(=O)c1cnc(Cl)cc1NC1CC1. The molecule has 15 heavy (non-hydrogen) atoms. The predicted molar refractivity (Wildman–Crippen MR) is 57.2 cm³/mol. The van der Waals surface area contributed by atoms with E-state index in [9.17, 15) is 4.79 Å². The fourth-order valence-corrected chi connectivity index (χ4v) is 1.43. The Hall–Kier alpha value is -1.29. The van der Waals surface area contributed by atoms with Crippen LogP contribution in [0, 0.1) is 0 Å². The van der Waals surface area contributed by atoms with Crippen molar-refractivity contribution in [3.05, 3.63) is 23.0 Å². The maximum atomic E-state index is 11.4. The van der Waals surface area contributed by atoms with Gasteiger partial charge in [0.05, 0.1) is 12.8 Å². The fraction of sp³-hybridized carbons (Fsp3) is 0.400. The Morgan fingerprint density at radius 2 is 2.40 bits per heavy atom. The Kier molecular flexibility index (Phi) is 2.77. The lowest BCUT2D eigenvalue weighted by Crippen LogP contribution is -2.10. The summed E-state index contributed by atoms with van der Waals surface area (Å²) in [6.07, 6.45) is 3.68. The van der Waals surface area contributed by atoms with E-state index >= 15 is 0 Å². The van der Waals surface area contributed by atoms with Gasteiger partial charge in [0, 0.05) is 12.2 Å². The minimum atomic E-state index is -0.401. The van der Waals surface area contributed by atoms with Gasteiger partial charge in [0.25, 0.3) is 0 Å². The largest absolute Gasteiger partial charge is 0.465 e. The van der Waals surface area contributed by atoms with Crippen LogP contribution in [0.1, 0.15) is 23.2 Å². The number of hydrogen-bond acceptors (Lipinski definition) is 4. The normalized spacial score (nSPS) is 14.8. The number of esters is 1. The number of anilines is 1. The highest BCUT2D eigenvalue weighted by Crippen LogP contribution is 2.28. The highest BCUT2D eigenvalue weighted by molar-refractivity contribution is 6.29. The second kappa shape index (κ2) is 4.06. The lowest BCUT2D eigenvalue weighted by Gasteiger charge is -2.09. The number of pyridine rings is 1. The molecule has 1 aromatic rings. The number of halogens is 1. The summed E-state index contributed by atoms with van der Waals surface area (Å²) in [7, 11) is 1.35. The Bertz CT molecular complexity index is 391. The molecule has 0 amide bonds. The third-order valence-electron chi connectivity index (χ3n) is 2.21. The number of rotatable bonds is 3. The number of carbonyl (C=O) groups excluding carboxylic acids is 1. The van der Waals surface area contributed by atoms with E-state index in [4.69, 9.17) is 11.6 Å². The summed E-state index contributed by atoms with van der Waals surface area (Å²) in [4.78, 5) is 15.3. The van der Waals surface area contributed by atoms with E-state index in [1.54, 1.807) is 6.07 Å². The standard InChI is InChI=1S/C10H11ClN2O2/c1-15-10(14)7-5-12-9(11)4-8(7)13-6-2-3-6/h4-6H,2-3H2,1H3,(H,12,13). The molecule has 80 valence electrons. The Balaban J connectivity index is 2.29. The van der Waals surface area contributed by atoms with Crippen molar-refractivity contribution in [3.8, 4) is 0 Å². The van der Waals surface area contributed by atoms with Crippen LogP contribution in [-0.2, 0) is 4.74 Å². The molecule has 1 N–H and O–H groups in total. The van der Waals surface area contributed by atoms with Gasteiger partial charge < -0.3 is 10.1 Å². The number of nitrogens with zero attached hydrogens (tertiary/aromatic N) is 1. The predicted octanol–water partition coefficient (Wildman–Crippen LogP) is 2.10. The number of hydrogen-bond donors (Lipinski definition) is 1. The quantitative estimate of drug-likeness (QED) is 0.634. The number of carbonyl (C=O) groups is 1. The number of aromatic nitrogens is 1. The summed E-state index contributed by atoms with van der Waals surface area (Å²) in [5.74, 6) is -0.401. The second-order valence-electron chi connectivity index (χ2n) is 3.46. The average molecular weight is 227 g/mol. The summed E-state index contributed by atoms with van der Waals surface area (Å²) in [6, 6.07) is 2.10. The number of nitrogens with one attached hydrogen (secondary N) is 1. The van der Waals surface area contributed by atoms with Crippen molar-refractivity contribution >= 4 is 23.3 Å². The third-order valence-corrected chi connectivity index (χ3v) is 2.42. The van der Waals surface area contributed by atoms with Crippen LogP contribution >= 0.6 is 11.6 Å². The molecule has 1 fully saturated rings. The molecule has 1 saturated carbocycles. The first-order valence-corrected chi connectivity index (χ1v) is 5.09. The molecule has 2 rings (SSSR count). The maximum Gasteiger partial charge on any atom is 0.341 e. The summed E-state index contributed by atoms with van der Waals surface area (Å²) in [5.41, 5.74) is 1.12. The van der Waals surface area contributed by atoms with E-state index in [2.05, 4.69) is 15.0 Å². The average Bonchev–Trinajstić information content (AvgIpc) is 3.01.